The number of aromatic nitrogens is 3. The van der Waals surface area contributed by atoms with Crippen LogP contribution in [0.1, 0.15) is 11.1 Å². The van der Waals surface area contributed by atoms with E-state index in [0.29, 0.717) is 5.95 Å². The smallest absolute Gasteiger partial charge is 0.228 e. The predicted octanol–water partition coefficient (Wildman–Crippen LogP) is 5.05. The number of fused-ring (bicyclic) bond motifs is 1. The van der Waals surface area contributed by atoms with E-state index in [4.69, 9.17) is 4.98 Å². The molecule has 0 saturated heterocycles. The summed E-state index contributed by atoms with van der Waals surface area (Å²) in [6.45, 7) is 4.16. The van der Waals surface area contributed by atoms with E-state index < -0.39 is 0 Å². The molecule has 0 radical (unpaired) electrons. The standard InChI is InChI=1S/C18H16N4S/c1-11-5-6-12(2)14(10-11)21-18-20-13-7-8-19-16(13)17(22-18)15-4-3-9-23-15/h3-10,19H,1-2H3,(H,20,21,22). The fraction of sp³-hybridized carbons (Fsp3) is 0.111. The van der Waals surface area contributed by atoms with Gasteiger partial charge >= 0.3 is 0 Å². The topological polar surface area (TPSA) is 53.6 Å². The van der Waals surface area contributed by atoms with Crippen molar-refractivity contribution in [1.29, 1.82) is 0 Å². The molecule has 0 bridgehead atoms. The third kappa shape index (κ3) is 2.59. The summed E-state index contributed by atoms with van der Waals surface area (Å²) in [5.41, 5.74) is 6.24. The van der Waals surface area contributed by atoms with Gasteiger partial charge in [-0.25, -0.2) is 9.97 Å². The SMILES string of the molecule is Cc1ccc(C)c(Nc2nc(-c3cccs3)c3[nH]ccc3n2)c1. The number of H-pyrrole nitrogens is 1. The number of aryl methyl sites for hydroxylation is 2. The van der Waals surface area contributed by atoms with Crippen LogP contribution in [0.5, 0.6) is 0 Å². The number of hydrogen-bond acceptors (Lipinski definition) is 4. The second-order valence-electron chi connectivity index (χ2n) is 5.55. The quantitative estimate of drug-likeness (QED) is 0.555. The Balaban J connectivity index is 1.83. The number of benzene rings is 1. The van der Waals surface area contributed by atoms with Gasteiger partial charge in [0.1, 0.15) is 5.69 Å². The van der Waals surface area contributed by atoms with E-state index in [1.807, 2.05) is 18.3 Å². The van der Waals surface area contributed by atoms with Gasteiger partial charge in [0, 0.05) is 11.9 Å². The molecule has 1 aromatic carbocycles. The Morgan fingerprint density at radius 2 is 2.00 bits per heavy atom. The molecule has 0 aliphatic heterocycles. The van der Waals surface area contributed by atoms with E-state index in [1.165, 1.54) is 11.1 Å². The first-order valence-electron chi connectivity index (χ1n) is 7.44. The summed E-state index contributed by atoms with van der Waals surface area (Å²) in [5.74, 6) is 0.620. The van der Waals surface area contributed by atoms with Crippen LogP contribution in [0.4, 0.5) is 11.6 Å². The number of anilines is 2. The zero-order valence-electron chi connectivity index (χ0n) is 12.9. The van der Waals surface area contributed by atoms with Gasteiger partial charge in [-0.2, -0.15) is 0 Å². The van der Waals surface area contributed by atoms with Crippen LogP contribution in [0.3, 0.4) is 0 Å². The summed E-state index contributed by atoms with van der Waals surface area (Å²) < 4.78 is 0. The lowest BCUT2D eigenvalue weighted by atomic mass is 10.1. The van der Waals surface area contributed by atoms with Crippen LogP contribution in [0.15, 0.2) is 48.0 Å². The highest BCUT2D eigenvalue weighted by molar-refractivity contribution is 7.13. The van der Waals surface area contributed by atoms with Gasteiger partial charge in [-0.05, 0) is 48.6 Å². The summed E-state index contributed by atoms with van der Waals surface area (Å²) in [6.07, 6.45) is 1.90. The first-order valence-corrected chi connectivity index (χ1v) is 8.32. The van der Waals surface area contributed by atoms with Crippen LogP contribution in [0, 0.1) is 13.8 Å². The van der Waals surface area contributed by atoms with Gasteiger partial charge < -0.3 is 10.3 Å². The second kappa shape index (κ2) is 5.52. The van der Waals surface area contributed by atoms with Crippen molar-refractivity contribution in [1.82, 2.24) is 15.0 Å². The monoisotopic (exact) mass is 320 g/mol. The van der Waals surface area contributed by atoms with Crippen LogP contribution in [-0.4, -0.2) is 15.0 Å². The maximum absolute atomic E-state index is 4.74. The zero-order chi connectivity index (χ0) is 15.8. The lowest BCUT2D eigenvalue weighted by Gasteiger charge is -2.10. The van der Waals surface area contributed by atoms with Crippen molar-refractivity contribution in [2.24, 2.45) is 0 Å². The van der Waals surface area contributed by atoms with Gasteiger partial charge in [0.2, 0.25) is 5.95 Å². The zero-order valence-corrected chi connectivity index (χ0v) is 13.7. The van der Waals surface area contributed by atoms with Gasteiger partial charge in [-0.15, -0.1) is 11.3 Å². The number of thiophene rings is 1. The molecule has 0 saturated carbocycles. The maximum atomic E-state index is 4.74. The highest BCUT2D eigenvalue weighted by atomic mass is 32.1. The molecular weight excluding hydrogens is 304 g/mol. The molecule has 0 aliphatic carbocycles. The van der Waals surface area contributed by atoms with Gasteiger partial charge in [-0.3, -0.25) is 0 Å². The molecule has 2 N–H and O–H groups in total. The maximum Gasteiger partial charge on any atom is 0.228 e. The van der Waals surface area contributed by atoms with E-state index >= 15 is 0 Å². The van der Waals surface area contributed by atoms with Crippen LogP contribution < -0.4 is 5.32 Å². The summed E-state index contributed by atoms with van der Waals surface area (Å²) in [5, 5.41) is 5.43. The number of rotatable bonds is 3. The fourth-order valence-electron chi connectivity index (χ4n) is 2.58. The van der Waals surface area contributed by atoms with Crippen molar-refractivity contribution in [3.05, 3.63) is 59.1 Å². The first kappa shape index (κ1) is 14.0. The van der Waals surface area contributed by atoms with Crippen LogP contribution >= 0.6 is 11.3 Å². The van der Waals surface area contributed by atoms with E-state index in [1.54, 1.807) is 11.3 Å². The third-order valence-corrected chi connectivity index (χ3v) is 4.68. The van der Waals surface area contributed by atoms with Crippen molar-refractivity contribution in [3.63, 3.8) is 0 Å². The lowest BCUT2D eigenvalue weighted by Crippen LogP contribution is -2.00. The van der Waals surface area contributed by atoms with E-state index in [9.17, 15) is 0 Å². The summed E-state index contributed by atoms with van der Waals surface area (Å²) in [7, 11) is 0. The molecule has 0 fully saturated rings. The molecule has 0 atom stereocenters. The Bertz CT molecular complexity index is 970. The second-order valence-corrected chi connectivity index (χ2v) is 6.50. The Kier molecular flexibility index (Phi) is 3.35. The van der Waals surface area contributed by atoms with E-state index in [0.717, 1.165) is 27.3 Å². The molecule has 114 valence electrons. The molecule has 0 aliphatic rings. The van der Waals surface area contributed by atoms with Crippen LogP contribution in [0.25, 0.3) is 21.6 Å². The van der Waals surface area contributed by atoms with Crippen molar-refractivity contribution < 1.29 is 0 Å². The minimum atomic E-state index is 0.620. The van der Waals surface area contributed by atoms with Crippen molar-refractivity contribution >= 4 is 34.0 Å². The highest BCUT2D eigenvalue weighted by Gasteiger charge is 2.12. The van der Waals surface area contributed by atoms with Gasteiger partial charge in [0.25, 0.3) is 0 Å². The summed E-state index contributed by atoms with van der Waals surface area (Å²) >= 11 is 1.68. The van der Waals surface area contributed by atoms with E-state index in [2.05, 4.69) is 58.8 Å². The third-order valence-electron chi connectivity index (χ3n) is 3.80. The number of nitrogens with one attached hydrogen (secondary N) is 2. The highest BCUT2D eigenvalue weighted by Crippen LogP contribution is 2.30. The molecule has 0 unspecified atom stereocenters. The minimum Gasteiger partial charge on any atom is -0.358 e. The van der Waals surface area contributed by atoms with Gasteiger partial charge in [-0.1, -0.05) is 18.2 Å². The van der Waals surface area contributed by atoms with Crippen LogP contribution in [0.2, 0.25) is 0 Å². The molecule has 23 heavy (non-hydrogen) atoms. The first-order chi connectivity index (χ1) is 11.2. The molecule has 4 rings (SSSR count). The van der Waals surface area contributed by atoms with Crippen molar-refractivity contribution in [2.75, 3.05) is 5.32 Å². The summed E-state index contributed by atoms with van der Waals surface area (Å²) in [6, 6.07) is 12.4. The van der Waals surface area contributed by atoms with Crippen molar-refractivity contribution in [2.45, 2.75) is 13.8 Å². The van der Waals surface area contributed by atoms with E-state index in [-0.39, 0.29) is 0 Å². The van der Waals surface area contributed by atoms with Gasteiger partial charge in [0.15, 0.2) is 0 Å². The Morgan fingerprint density at radius 3 is 2.83 bits per heavy atom. The predicted molar refractivity (Wildman–Crippen MR) is 96.4 cm³/mol. The largest absolute Gasteiger partial charge is 0.358 e. The minimum absolute atomic E-state index is 0.620. The number of aromatic amines is 1. The molecule has 0 spiro atoms. The van der Waals surface area contributed by atoms with Crippen LogP contribution in [-0.2, 0) is 0 Å². The Labute approximate surface area is 138 Å². The summed E-state index contributed by atoms with van der Waals surface area (Å²) in [4.78, 5) is 13.7. The number of nitrogens with zero attached hydrogens (tertiary/aromatic N) is 2. The fourth-order valence-corrected chi connectivity index (χ4v) is 3.30. The molecule has 0 amide bonds. The number of hydrogen-bond donors (Lipinski definition) is 2. The molecule has 4 aromatic rings. The average molecular weight is 320 g/mol. The average Bonchev–Trinajstić information content (AvgIpc) is 3.21. The van der Waals surface area contributed by atoms with Crippen molar-refractivity contribution in [3.8, 4) is 10.6 Å². The molecule has 3 heterocycles. The molecule has 5 heteroatoms. The molecule has 4 nitrogen and oxygen atoms in total. The Morgan fingerprint density at radius 1 is 1.09 bits per heavy atom. The normalized spacial score (nSPS) is 11.0. The molecule has 3 aromatic heterocycles. The molecular formula is C18H16N4S. The lowest BCUT2D eigenvalue weighted by molar-refractivity contribution is 1.21. The Hall–Kier alpha value is -2.66. The van der Waals surface area contributed by atoms with Gasteiger partial charge in [0.05, 0.1) is 15.9 Å².